The summed E-state index contributed by atoms with van der Waals surface area (Å²) in [6, 6.07) is 7.56. The van der Waals surface area contributed by atoms with Gasteiger partial charge in [-0.1, -0.05) is 12.1 Å². The molecule has 0 saturated heterocycles. The Morgan fingerprint density at radius 2 is 2.19 bits per heavy atom. The zero-order chi connectivity index (χ0) is 12.0. The molecule has 0 fully saturated rings. The normalized spacial score (nSPS) is 12.2. The molecule has 0 heterocycles. The van der Waals surface area contributed by atoms with E-state index in [1.807, 2.05) is 31.2 Å². The minimum atomic E-state index is -0.00720. The predicted molar refractivity (Wildman–Crippen MR) is 76.0 cm³/mol. The van der Waals surface area contributed by atoms with Gasteiger partial charge in [-0.2, -0.15) is 0 Å². The molecule has 0 saturated carbocycles. The van der Waals surface area contributed by atoms with E-state index in [4.69, 9.17) is 11.6 Å². The number of amides is 1. The van der Waals surface area contributed by atoms with Crippen molar-refractivity contribution in [2.45, 2.75) is 25.1 Å². The van der Waals surface area contributed by atoms with E-state index in [2.05, 4.69) is 27.9 Å². The molecule has 1 unspecified atom stereocenters. The second-order valence-corrected chi connectivity index (χ2v) is 5.57. The molecule has 0 aliphatic carbocycles. The molecule has 0 aromatic heterocycles. The number of carbonyl (C=O) groups is 1. The molecule has 0 radical (unpaired) electrons. The zero-order valence-corrected chi connectivity index (χ0v) is 12.1. The Morgan fingerprint density at radius 1 is 1.50 bits per heavy atom. The summed E-state index contributed by atoms with van der Waals surface area (Å²) in [6.07, 6.45) is 1.84. The van der Waals surface area contributed by atoms with Crippen molar-refractivity contribution in [1.29, 1.82) is 0 Å². The maximum Gasteiger partial charge on any atom is 0.252 e. The number of rotatable bonds is 5. The highest BCUT2D eigenvalue weighted by atomic mass is 127. The molecule has 16 heavy (non-hydrogen) atoms. The molecule has 1 aromatic carbocycles. The Kier molecular flexibility index (Phi) is 6.13. The number of carbonyl (C=O) groups excluding carboxylic acids is 1. The standard InChI is InChI=1S/C12H15ClINO/c1-9(13)5-4-8-15-12(16)10-6-2-3-7-11(10)14/h2-3,6-7,9H,4-5,8H2,1H3,(H,15,16). The molecule has 4 heteroatoms. The molecule has 2 nitrogen and oxygen atoms in total. The van der Waals surface area contributed by atoms with Crippen LogP contribution in [0.25, 0.3) is 0 Å². The summed E-state index contributed by atoms with van der Waals surface area (Å²) in [5.41, 5.74) is 0.738. The van der Waals surface area contributed by atoms with Crippen LogP contribution in [-0.2, 0) is 0 Å². The van der Waals surface area contributed by atoms with Crippen LogP contribution in [0.2, 0.25) is 0 Å². The SMILES string of the molecule is CC(Cl)CCCNC(=O)c1ccccc1I. The minimum Gasteiger partial charge on any atom is -0.352 e. The number of benzene rings is 1. The number of nitrogens with one attached hydrogen (secondary N) is 1. The van der Waals surface area contributed by atoms with E-state index >= 15 is 0 Å². The number of hydrogen-bond donors (Lipinski definition) is 1. The first kappa shape index (κ1) is 13.8. The summed E-state index contributed by atoms with van der Waals surface area (Å²) in [5.74, 6) is -0.00720. The van der Waals surface area contributed by atoms with Crippen molar-refractivity contribution >= 4 is 40.1 Å². The zero-order valence-electron chi connectivity index (χ0n) is 9.17. The quantitative estimate of drug-likeness (QED) is 0.491. The van der Waals surface area contributed by atoms with Crippen LogP contribution >= 0.6 is 34.2 Å². The van der Waals surface area contributed by atoms with Crippen LogP contribution in [0.5, 0.6) is 0 Å². The van der Waals surface area contributed by atoms with E-state index in [0.717, 1.165) is 22.0 Å². The minimum absolute atomic E-state index is 0.00720. The van der Waals surface area contributed by atoms with E-state index in [9.17, 15) is 4.79 Å². The lowest BCUT2D eigenvalue weighted by molar-refractivity contribution is 0.0952. The van der Waals surface area contributed by atoms with Crippen molar-refractivity contribution in [3.05, 3.63) is 33.4 Å². The predicted octanol–water partition coefficient (Wildman–Crippen LogP) is 3.43. The third-order valence-electron chi connectivity index (χ3n) is 2.18. The third kappa shape index (κ3) is 4.70. The summed E-state index contributed by atoms with van der Waals surface area (Å²) in [6.45, 7) is 2.64. The Balaban J connectivity index is 2.39. The van der Waals surface area contributed by atoms with Gasteiger partial charge >= 0.3 is 0 Å². The molecule has 1 aromatic rings. The largest absolute Gasteiger partial charge is 0.352 e. The molecule has 0 aliphatic heterocycles. The molecular weight excluding hydrogens is 336 g/mol. The first-order valence-corrected chi connectivity index (χ1v) is 6.79. The summed E-state index contributed by atoms with van der Waals surface area (Å²) >= 11 is 7.99. The van der Waals surface area contributed by atoms with Crippen LogP contribution in [0.1, 0.15) is 30.1 Å². The lowest BCUT2D eigenvalue weighted by atomic mass is 10.2. The van der Waals surface area contributed by atoms with Gasteiger partial charge in [-0.15, -0.1) is 11.6 Å². The van der Waals surface area contributed by atoms with E-state index in [1.54, 1.807) is 0 Å². The molecule has 1 N–H and O–H groups in total. The van der Waals surface area contributed by atoms with Crippen LogP contribution < -0.4 is 5.32 Å². The highest BCUT2D eigenvalue weighted by molar-refractivity contribution is 14.1. The average molecular weight is 352 g/mol. The lowest BCUT2D eigenvalue weighted by Crippen LogP contribution is -2.25. The Bertz CT molecular complexity index is 355. The molecular formula is C12H15ClINO. The van der Waals surface area contributed by atoms with Crippen LogP contribution in [0.4, 0.5) is 0 Å². The number of hydrogen-bond acceptors (Lipinski definition) is 1. The van der Waals surface area contributed by atoms with Gasteiger partial charge in [0, 0.05) is 15.5 Å². The van der Waals surface area contributed by atoms with Crippen molar-refractivity contribution in [1.82, 2.24) is 5.32 Å². The van der Waals surface area contributed by atoms with Gasteiger partial charge in [-0.25, -0.2) is 0 Å². The maximum atomic E-state index is 11.8. The lowest BCUT2D eigenvalue weighted by Gasteiger charge is -2.07. The molecule has 0 bridgehead atoms. The van der Waals surface area contributed by atoms with Crippen molar-refractivity contribution in [2.24, 2.45) is 0 Å². The Hall–Kier alpha value is -0.290. The van der Waals surface area contributed by atoms with E-state index in [0.29, 0.717) is 6.54 Å². The first-order chi connectivity index (χ1) is 7.61. The van der Waals surface area contributed by atoms with Crippen molar-refractivity contribution in [3.8, 4) is 0 Å². The number of alkyl halides is 1. The van der Waals surface area contributed by atoms with Gasteiger partial charge in [-0.05, 0) is 54.5 Å². The van der Waals surface area contributed by atoms with Crippen molar-refractivity contribution < 1.29 is 4.79 Å². The molecule has 1 rings (SSSR count). The van der Waals surface area contributed by atoms with Crippen molar-refractivity contribution in [3.63, 3.8) is 0 Å². The molecule has 0 spiro atoms. The average Bonchev–Trinajstić information content (AvgIpc) is 2.24. The van der Waals surface area contributed by atoms with E-state index < -0.39 is 0 Å². The van der Waals surface area contributed by atoms with Crippen LogP contribution in [0, 0.1) is 3.57 Å². The van der Waals surface area contributed by atoms with Crippen LogP contribution in [0.3, 0.4) is 0 Å². The summed E-state index contributed by atoms with van der Waals surface area (Å²) in [5, 5.41) is 3.07. The molecule has 88 valence electrons. The Labute approximate surface area is 115 Å². The van der Waals surface area contributed by atoms with Gasteiger partial charge in [-0.3, -0.25) is 4.79 Å². The molecule has 1 amide bonds. The second kappa shape index (κ2) is 7.12. The third-order valence-corrected chi connectivity index (χ3v) is 3.34. The van der Waals surface area contributed by atoms with Gasteiger partial charge in [0.1, 0.15) is 0 Å². The fourth-order valence-electron chi connectivity index (χ4n) is 1.33. The number of halogens is 2. The highest BCUT2D eigenvalue weighted by Gasteiger charge is 2.07. The topological polar surface area (TPSA) is 29.1 Å². The Morgan fingerprint density at radius 3 is 2.81 bits per heavy atom. The van der Waals surface area contributed by atoms with Gasteiger partial charge < -0.3 is 5.32 Å². The summed E-state index contributed by atoms with van der Waals surface area (Å²) in [7, 11) is 0. The van der Waals surface area contributed by atoms with Gasteiger partial charge in [0.2, 0.25) is 0 Å². The fraction of sp³-hybridized carbons (Fsp3) is 0.417. The molecule has 1 atom stereocenters. The van der Waals surface area contributed by atoms with Gasteiger partial charge in [0.05, 0.1) is 5.56 Å². The summed E-state index contributed by atoms with van der Waals surface area (Å²) in [4.78, 5) is 11.8. The smallest absolute Gasteiger partial charge is 0.252 e. The second-order valence-electron chi connectivity index (χ2n) is 3.66. The summed E-state index contributed by atoms with van der Waals surface area (Å²) < 4.78 is 0.975. The molecule has 0 aliphatic rings. The highest BCUT2D eigenvalue weighted by Crippen LogP contribution is 2.11. The van der Waals surface area contributed by atoms with Gasteiger partial charge in [0.25, 0.3) is 5.91 Å². The van der Waals surface area contributed by atoms with E-state index in [-0.39, 0.29) is 11.3 Å². The van der Waals surface area contributed by atoms with Crippen molar-refractivity contribution in [2.75, 3.05) is 6.54 Å². The van der Waals surface area contributed by atoms with E-state index in [1.165, 1.54) is 0 Å². The first-order valence-electron chi connectivity index (χ1n) is 5.28. The van der Waals surface area contributed by atoms with Crippen LogP contribution in [-0.4, -0.2) is 17.8 Å². The monoisotopic (exact) mass is 351 g/mol. The maximum absolute atomic E-state index is 11.8. The van der Waals surface area contributed by atoms with Gasteiger partial charge in [0.15, 0.2) is 0 Å². The fourth-order valence-corrected chi connectivity index (χ4v) is 2.11. The van der Waals surface area contributed by atoms with Crippen LogP contribution in [0.15, 0.2) is 24.3 Å².